The third kappa shape index (κ3) is 5.70. The Hall–Kier alpha value is -2.74. The number of ether oxygens (including phenoxy) is 2. The van der Waals surface area contributed by atoms with Crippen LogP contribution in [0.25, 0.3) is 0 Å². The predicted octanol–water partition coefficient (Wildman–Crippen LogP) is 3.74. The fraction of sp³-hybridized carbons (Fsp3) is 0.435. The molecular weight excluding hydrogens is 416 g/mol. The topological polar surface area (TPSA) is 84.9 Å². The van der Waals surface area contributed by atoms with Crippen molar-refractivity contribution in [2.45, 2.75) is 46.2 Å². The van der Waals surface area contributed by atoms with Crippen molar-refractivity contribution in [3.05, 3.63) is 53.1 Å². The Morgan fingerprint density at radius 2 is 1.68 bits per heavy atom. The zero-order chi connectivity index (χ0) is 23.3. The van der Waals surface area contributed by atoms with Crippen molar-refractivity contribution in [1.82, 2.24) is 5.32 Å². The Kier molecular flexibility index (Phi) is 7.95. The minimum atomic E-state index is -3.68. The lowest BCUT2D eigenvalue weighted by Gasteiger charge is -2.30. The molecule has 2 aromatic rings. The number of benzene rings is 2. The first kappa shape index (κ1) is 24.5. The van der Waals surface area contributed by atoms with E-state index in [1.807, 2.05) is 39.0 Å². The summed E-state index contributed by atoms with van der Waals surface area (Å²) in [6, 6.07) is 9.58. The van der Waals surface area contributed by atoms with Crippen molar-refractivity contribution in [3.8, 4) is 11.5 Å². The van der Waals surface area contributed by atoms with Gasteiger partial charge in [-0.3, -0.25) is 9.10 Å². The molecule has 0 aliphatic rings. The maximum atomic E-state index is 13.1. The molecule has 0 saturated heterocycles. The number of carbonyl (C=O) groups is 1. The van der Waals surface area contributed by atoms with Crippen molar-refractivity contribution < 1.29 is 22.7 Å². The number of anilines is 1. The molecule has 170 valence electrons. The number of rotatable bonds is 9. The molecule has 31 heavy (non-hydrogen) atoms. The lowest BCUT2D eigenvalue weighted by Crippen LogP contribution is -2.48. The molecule has 0 aromatic heterocycles. The van der Waals surface area contributed by atoms with Crippen LogP contribution in [0.4, 0.5) is 5.69 Å². The Morgan fingerprint density at radius 1 is 1.03 bits per heavy atom. The van der Waals surface area contributed by atoms with Crippen LogP contribution in [0, 0.1) is 13.8 Å². The zero-order valence-electron chi connectivity index (χ0n) is 19.2. The number of nitrogens with zero attached hydrogens (tertiary/aromatic N) is 1. The van der Waals surface area contributed by atoms with Crippen LogP contribution in [0.1, 0.15) is 43.0 Å². The highest BCUT2D eigenvalue weighted by atomic mass is 32.2. The molecule has 0 spiro atoms. The van der Waals surface area contributed by atoms with Gasteiger partial charge >= 0.3 is 0 Å². The number of methoxy groups -OCH3 is 2. The Labute approximate surface area is 185 Å². The van der Waals surface area contributed by atoms with Crippen molar-refractivity contribution >= 4 is 21.6 Å². The largest absolute Gasteiger partial charge is 0.493 e. The fourth-order valence-corrected chi connectivity index (χ4v) is 4.62. The summed E-state index contributed by atoms with van der Waals surface area (Å²) in [5.41, 5.74) is 3.31. The van der Waals surface area contributed by atoms with Crippen LogP contribution >= 0.6 is 0 Å². The highest BCUT2D eigenvalue weighted by Gasteiger charge is 2.30. The summed E-state index contributed by atoms with van der Waals surface area (Å²) >= 11 is 0. The van der Waals surface area contributed by atoms with Crippen LogP contribution in [0.15, 0.2) is 36.4 Å². The number of amides is 1. The van der Waals surface area contributed by atoms with E-state index in [0.29, 0.717) is 23.6 Å². The van der Waals surface area contributed by atoms with E-state index < -0.39 is 16.1 Å². The van der Waals surface area contributed by atoms with E-state index >= 15 is 0 Å². The summed E-state index contributed by atoms with van der Waals surface area (Å²) in [5.74, 6) is 0.776. The first-order valence-electron chi connectivity index (χ1n) is 10.1. The van der Waals surface area contributed by atoms with Gasteiger partial charge in [0, 0.05) is 0 Å². The van der Waals surface area contributed by atoms with E-state index in [2.05, 4.69) is 5.32 Å². The van der Waals surface area contributed by atoms with Gasteiger partial charge in [-0.05, 0) is 68.1 Å². The van der Waals surface area contributed by atoms with Crippen LogP contribution in [0.5, 0.6) is 11.5 Å². The molecule has 7 nitrogen and oxygen atoms in total. The van der Waals surface area contributed by atoms with E-state index in [0.717, 1.165) is 27.3 Å². The first-order chi connectivity index (χ1) is 14.5. The van der Waals surface area contributed by atoms with Crippen molar-refractivity contribution in [2.24, 2.45) is 0 Å². The van der Waals surface area contributed by atoms with E-state index in [-0.39, 0.29) is 11.9 Å². The molecular formula is C23H32N2O5S. The number of hydrogen-bond donors (Lipinski definition) is 1. The summed E-state index contributed by atoms with van der Waals surface area (Å²) in [4.78, 5) is 13.1. The molecule has 0 heterocycles. The Morgan fingerprint density at radius 3 is 2.19 bits per heavy atom. The maximum Gasteiger partial charge on any atom is 0.244 e. The molecule has 1 amide bonds. The van der Waals surface area contributed by atoms with Crippen molar-refractivity contribution in [3.63, 3.8) is 0 Å². The van der Waals surface area contributed by atoms with Gasteiger partial charge in [-0.2, -0.15) is 0 Å². The highest BCUT2D eigenvalue weighted by Crippen LogP contribution is 2.31. The average Bonchev–Trinajstić information content (AvgIpc) is 2.72. The van der Waals surface area contributed by atoms with Gasteiger partial charge in [0.1, 0.15) is 6.04 Å². The normalized spacial score (nSPS) is 13.3. The lowest BCUT2D eigenvalue weighted by atomic mass is 10.0. The van der Waals surface area contributed by atoms with E-state index in [9.17, 15) is 13.2 Å². The molecule has 2 rings (SSSR count). The molecule has 0 saturated carbocycles. The molecule has 2 aromatic carbocycles. The molecule has 0 aliphatic carbocycles. The number of hydrogen-bond acceptors (Lipinski definition) is 5. The summed E-state index contributed by atoms with van der Waals surface area (Å²) in [5, 5.41) is 2.98. The first-order valence-corrected chi connectivity index (χ1v) is 12.0. The second-order valence-corrected chi connectivity index (χ2v) is 9.45. The molecule has 0 bridgehead atoms. The predicted molar refractivity (Wildman–Crippen MR) is 123 cm³/mol. The molecule has 0 aliphatic heterocycles. The molecule has 2 atom stereocenters. The van der Waals surface area contributed by atoms with Crippen LogP contribution in [-0.2, 0) is 14.8 Å². The molecule has 0 radical (unpaired) electrons. The van der Waals surface area contributed by atoms with Gasteiger partial charge in [0.2, 0.25) is 15.9 Å². The smallest absolute Gasteiger partial charge is 0.244 e. The molecule has 0 fully saturated rings. The minimum absolute atomic E-state index is 0.309. The van der Waals surface area contributed by atoms with E-state index in [1.54, 1.807) is 39.3 Å². The molecule has 8 heteroatoms. The number of nitrogens with one attached hydrogen (secondary N) is 1. The minimum Gasteiger partial charge on any atom is -0.493 e. The average molecular weight is 449 g/mol. The van der Waals surface area contributed by atoms with Crippen molar-refractivity contribution in [2.75, 3.05) is 24.8 Å². The van der Waals surface area contributed by atoms with E-state index in [4.69, 9.17) is 9.47 Å². The summed E-state index contributed by atoms with van der Waals surface area (Å²) in [7, 11) is -0.570. The third-order valence-corrected chi connectivity index (χ3v) is 6.61. The van der Waals surface area contributed by atoms with Crippen molar-refractivity contribution in [1.29, 1.82) is 0 Å². The number of carbonyl (C=O) groups excluding carboxylic acids is 1. The second kappa shape index (κ2) is 10.0. The quantitative estimate of drug-likeness (QED) is 0.632. The second-order valence-electron chi connectivity index (χ2n) is 7.59. The van der Waals surface area contributed by atoms with Gasteiger partial charge in [0.15, 0.2) is 11.5 Å². The highest BCUT2D eigenvalue weighted by molar-refractivity contribution is 7.92. The van der Waals surface area contributed by atoms with E-state index in [1.165, 1.54) is 0 Å². The lowest BCUT2D eigenvalue weighted by molar-refractivity contribution is -0.122. The Balaban J connectivity index is 2.33. The van der Waals surface area contributed by atoms with Gasteiger partial charge in [-0.1, -0.05) is 19.1 Å². The zero-order valence-corrected chi connectivity index (χ0v) is 20.0. The van der Waals surface area contributed by atoms with Crippen LogP contribution in [0.3, 0.4) is 0 Å². The standard InChI is InChI=1S/C23H32N2O5S/c1-8-20(18-10-12-21(29-5)22(14-18)30-6)24-23(26)17(4)25(31(7,27)28)19-11-9-15(2)16(3)13-19/h9-14,17,20H,8H2,1-7H3,(H,24,26)/t17-,20+/m1/s1. The van der Waals surface area contributed by atoms with Crippen LogP contribution < -0.4 is 19.1 Å². The van der Waals surface area contributed by atoms with Gasteiger partial charge in [-0.25, -0.2) is 8.42 Å². The third-order valence-electron chi connectivity index (χ3n) is 5.37. The summed E-state index contributed by atoms with van der Waals surface area (Å²) in [6.45, 7) is 7.40. The summed E-state index contributed by atoms with van der Waals surface area (Å²) < 4.78 is 36.9. The van der Waals surface area contributed by atoms with Crippen LogP contribution in [-0.4, -0.2) is 40.8 Å². The van der Waals surface area contributed by atoms with Gasteiger partial charge < -0.3 is 14.8 Å². The van der Waals surface area contributed by atoms with Gasteiger partial charge in [-0.15, -0.1) is 0 Å². The van der Waals surface area contributed by atoms with Gasteiger partial charge in [0.25, 0.3) is 0 Å². The summed E-state index contributed by atoms with van der Waals surface area (Å²) in [6.07, 6.45) is 1.73. The molecule has 0 unspecified atom stereocenters. The van der Waals surface area contributed by atoms with Gasteiger partial charge in [0.05, 0.1) is 32.2 Å². The molecule has 1 N–H and O–H groups in total. The Bertz CT molecular complexity index is 1040. The van der Waals surface area contributed by atoms with Crippen LogP contribution in [0.2, 0.25) is 0 Å². The maximum absolute atomic E-state index is 13.1. The number of aryl methyl sites for hydroxylation is 2. The SMILES string of the molecule is CC[C@H](NC(=O)[C@@H](C)N(c1ccc(C)c(C)c1)S(C)(=O)=O)c1ccc(OC)c(OC)c1. The number of sulfonamides is 1. The fourth-order valence-electron chi connectivity index (χ4n) is 3.45. The monoisotopic (exact) mass is 448 g/mol.